The molecule has 0 aliphatic rings. The summed E-state index contributed by atoms with van der Waals surface area (Å²) in [5.41, 5.74) is 2.26. The maximum Gasteiger partial charge on any atom is 0.133 e. The van der Waals surface area contributed by atoms with Crippen molar-refractivity contribution < 1.29 is 4.74 Å². The fourth-order valence-electron chi connectivity index (χ4n) is 1.24. The van der Waals surface area contributed by atoms with Gasteiger partial charge in [0.05, 0.1) is 4.47 Å². The lowest BCUT2D eigenvalue weighted by Gasteiger charge is -2.09. The normalized spacial score (nSPS) is 10.2. The van der Waals surface area contributed by atoms with Crippen molar-refractivity contribution in [2.24, 2.45) is 0 Å². The standard InChI is InChI=1S/C13H18BrNO/c1-4-15-8-11-5-6-13(12(14)7-11)16-9-10(2)3/h5-7,15H,2,4,8-9H2,1,3H3. The van der Waals surface area contributed by atoms with Crippen LogP contribution in [0.5, 0.6) is 5.75 Å². The van der Waals surface area contributed by atoms with Crippen molar-refractivity contribution in [3.63, 3.8) is 0 Å². The fourth-order valence-corrected chi connectivity index (χ4v) is 1.78. The van der Waals surface area contributed by atoms with E-state index < -0.39 is 0 Å². The largest absolute Gasteiger partial charge is 0.488 e. The summed E-state index contributed by atoms with van der Waals surface area (Å²) in [6.07, 6.45) is 0. The summed E-state index contributed by atoms with van der Waals surface area (Å²) in [4.78, 5) is 0. The van der Waals surface area contributed by atoms with Gasteiger partial charge in [0.15, 0.2) is 0 Å². The van der Waals surface area contributed by atoms with Crippen molar-refractivity contribution in [1.82, 2.24) is 5.32 Å². The molecule has 1 aromatic rings. The monoisotopic (exact) mass is 283 g/mol. The summed E-state index contributed by atoms with van der Waals surface area (Å²) < 4.78 is 6.58. The van der Waals surface area contributed by atoms with Crippen LogP contribution in [0.25, 0.3) is 0 Å². The van der Waals surface area contributed by atoms with Crippen molar-refractivity contribution in [3.05, 3.63) is 40.4 Å². The minimum Gasteiger partial charge on any atom is -0.488 e. The van der Waals surface area contributed by atoms with E-state index in [9.17, 15) is 0 Å². The van der Waals surface area contributed by atoms with Gasteiger partial charge in [0.25, 0.3) is 0 Å². The molecule has 0 spiro atoms. The molecule has 2 nitrogen and oxygen atoms in total. The zero-order chi connectivity index (χ0) is 12.0. The lowest BCUT2D eigenvalue weighted by Crippen LogP contribution is -2.11. The maximum atomic E-state index is 5.59. The lowest BCUT2D eigenvalue weighted by molar-refractivity contribution is 0.350. The van der Waals surface area contributed by atoms with Crippen molar-refractivity contribution >= 4 is 15.9 Å². The van der Waals surface area contributed by atoms with E-state index in [0.29, 0.717) is 6.61 Å². The smallest absolute Gasteiger partial charge is 0.133 e. The molecule has 0 saturated carbocycles. The van der Waals surface area contributed by atoms with Gasteiger partial charge in [-0.1, -0.05) is 19.6 Å². The molecule has 1 N–H and O–H groups in total. The van der Waals surface area contributed by atoms with Crippen LogP contribution in [0.1, 0.15) is 19.4 Å². The number of halogens is 1. The Morgan fingerprint density at radius 2 is 2.25 bits per heavy atom. The Hall–Kier alpha value is -0.800. The van der Waals surface area contributed by atoms with Gasteiger partial charge in [-0.15, -0.1) is 0 Å². The SMILES string of the molecule is C=C(C)COc1ccc(CNCC)cc1Br. The molecular weight excluding hydrogens is 266 g/mol. The number of nitrogens with one attached hydrogen (secondary N) is 1. The zero-order valence-corrected chi connectivity index (χ0v) is 11.4. The van der Waals surface area contributed by atoms with Gasteiger partial charge < -0.3 is 10.1 Å². The van der Waals surface area contributed by atoms with Crippen LogP contribution in [0, 0.1) is 0 Å². The van der Waals surface area contributed by atoms with Gasteiger partial charge in [-0.3, -0.25) is 0 Å². The van der Waals surface area contributed by atoms with Gasteiger partial charge in [0.2, 0.25) is 0 Å². The van der Waals surface area contributed by atoms with Crippen LogP contribution >= 0.6 is 15.9 Å². The average molecular weight is 284 g/mol. The molecule has 1 rings (SSSR count). The molecule has 0 amide bonds. The number of ether oxygens (including phenoxy) is 1. The van der Waals surface area contributed by atoms with Crippen molar-refractivity contribution in [2.75, 3.05) is 13.2 Å². The van der Waals surface area contributed by atoms with Crippen molar-refractivity contribution in [1.29, 1.82) is 0 Å². The molecular formula is C13H18BrNO. The van der Waals surface area contributed by atoms with E-state index >= 15 is 0 Å². The second-order valence-corrected chi connectivity index (χ2v) is 4.65. The Bertz CT molecular complexity index is 363. The number of rotatable bonds is 6. The predicted molar refractivity (Wildman–Crippen MR) is 71.8 cm³/mol. The topological polar surface area (TPSA) is 21.3 Å². The van der Waals surface area contributed by atoms with Gasteiger partial charge >= 0.3 is 0 Å². The Morgan fingerprint density at radius 3 is 2.81 bits per heavy atom. The third kappa shape index (κ3) is 4.37. The van der Waals surface area contributed by atoms with E-state index in [1.807, 2.05) is 13.0 Å². The van der Waals surface area contributed by atoms with E-state index in [1.165, 1.54) is 5.56 Å². The fraction of sp³-hybridized carbons (Fsp3) is 0.385. The van der Waals surface area contributed by atoms with Crippen LogP contribution in [0.15, 0.2) is 34.8 Å². The Morgan fingerprint density at radius 1 is 1.50 bits per heavy atom. The van der Waals surface area contributed by atoms with E-state index in [1.54, 1.807) is 0 Å². The molecule has 1 aromatic carbocycles. The predicted octanol–water partition coefficient (Wildman–Crippen LogP) is 3.51. The quantitative estimate of drug-likeness (QED) is 0.807. The molecule has 0 saturated heterocycles. The Balaban J connectivity index is 2.63. The van der Waals surface area contributed by atoms with Gasteiger partial charge in [0, 0.05) is 6.54 Å². The number of hydrogen-bond acceptors (Lipinski definition) is 2. The van der Waals surface area contributed by atoms with E-state index in [4.69, 9.17) is 4.74 Å². The third-order valence-electron chi connectivity index (χ3n) is 2.05. The molecule has 0 radical (unpaired) electrons. The molecule has 0 aliphatic carbocycles. The van der Waals surface area contributed by atoms with E-state index in [0.717, 1.165) is 28.9 Å². The summed E-state index contributed by atoms with van der Waals surface area (Å²) in [5, 5.41) is 3.29. The summed E-state index contributed by atoms with van der Waals surface area (Å²) in [7, 11) is 0. The highest BCUT2D eigenvalue weighted by Gasteiger charge is 2.02. The minimum atomic E-state index is 0.561. The molecule has 3 heteroatoms. The Labute approximate surface area is 106 Å². The first kappa shape index (κ1) is 13.3. The first-order valence-corrected chi connectivity index (χ1v) is 6.19. The molecule has 0 fully saturated rings. The van der Waals surface area contributed by atoms with Crippen LogP contribution in [-0.2, 0) is 6.54 Å². The Kier molecular flexibility index (Phi) is 5.56. The first-order valence-electron chi connectivity index (χ1n) is 5.39. The maximum absolute atomic E-state index is 5.59. The van der Waals surface area contributed by atoms with E-state index in [2.05, 4.69) is 46.9 Å². The molecule has 16 heavy (non-hydrogen) atoms. The molecule has 0 bridgehead atoms. The second kappa shape index (κ2) is 6.71. The highest BCUT2D eigenvalue weighted by molar-refractivity contribution is 9.10. The highest BCUT2D eigenvalue weighted by atomic mass is 79.9. The van der Waals surface area contributed by atoms with Crippen LogP contribution in [-0.4, -0.2) is 13.2 Å². The van der Waals surface area contributed by atoms with Gasteiger partial charge in [-0.25, -0.2) is 0 Å². The first-order chi connectivity index (χ1) is 7.63. The number of hydrogen-bond donors (Lipinski definition) is 1. The average Bonchev–Trinajstić information content (AvgIpc) is 2.24. The zero-order valence-electron chi connectivity index (χ0n) is 9.85. The van der Waals surface area contributed by atoms with Crippen LogP contribution in [0.3, 0.4) is 0 Å². The highest BCUT2D eigenvalue weighted by Crippen LogP contribution is 2.26. The molecule has 0 aromatic heterocycles. The summed E-state index contributed by atoms with van der Waals surface area (Å²) >= 11 is 3.51. The van der Waals surface area contributed by atoms with Crippen LogP contribution in [0.4, 0.5) is 0 Å². The molecule has 0 heterocycles. The molecule has 0 unspecified atom stereocenters. The minimum absolute atomic E-state index is 0.561. The van der Waals surface area contributed by atoms with Gasteiger partial charge in [-0.05, 0) is 52.7 Å². The van der Waals surface area contributed by atoms with Crippen molar-refractivity contribution in [2.45, 2.75) is 20.4 Å². The molecule has 88 valence electrons. The molecule has 0 aliphatic heterocycles. The van der Waals surface area contributed by atoms with Gasteiger partial charge in [-0.2, -0.15) is 0 Å². The van der Waals surface area contributed by atoms with Gasteiger partial charge in [0.1, 0.15) is 12.4 Å². The van der Waals surface area contributed by atoms with Crippen molar-refractivity contribution in [3.8, 4) is 5.75 Å². The summed E-state index contributed by atoms with van der Waals surface area (Å²) in [6.45, 7) is 10.3. The molecule has 0 atom stereocenters. The van der Waals surface area contributed by atoms with Crippen LogP contribution in [0.2, 0.25) is 0 Å². The summed E-state index contributed by atoms with van der Waals surface area (Å²) in [6, 6.07) is 6.14. The second-order valence-electron chi connectivity index (χ2n) is 3.79. The third-order valence-corrected chi connectivity index (χ3v) is 2.67. The lowest BCUT2D eigenvalue weighted by atomic mass is 10.2. The number of benzene rings is 1. The van der Waals surface area contributed by atoms with E-state index in [-0.39, 0.29) is 0 Å². The van der Waals surface area contributed by atoms with Crippen LogP contribution < -0.4 is 10.1 Å². The summed E-state index contributed by atoms with van der Waals surface area (Å²) in [5.74, 6) is 0.864.